The maximum absolute atomic E-state index is 12.5. The molecule has 3 aromatic carbocycles. The molecule has 1 aliphatic rings. The summed E-state index contributed by atoms with van der Waals surface area (Å²) in [6.45, 7) is 8.45. The van der Waals surface area contributed by atoms with E-state index in [1.54, 1.807) is 31.3 Å². The summed E-state index contributed by atoms with van der Waals surface area (Å²) in [7, 11) is 1.28. The number of rotatable bonds is 15. The fourth-order valence-electron chi connectivity index (χ4n) is 4.78. The Balaban J connectivity index is 1.37. The van der Waals surface area contributed by atoms with Gasteiger partial charge in [-0.15, -0.1) is 0 Å². The second-order valence-corrected chi connectivity index (χ2v) is 10.3. The number of nitrogens with one attached hydrogen (secondary N) is 3. The summed E-state index contributed by atoms with van der Waals surface area (Å²) in [6.07, 6.45) is 0.409. The molecule has 2 amide bonds. The largest absolute Gasteiger partial charge is 0.490 e. The number of carbonyl (C=O) groups is 2. The molecule has 3 aromatic rings. The number of aryl methyl sites for hydroxylation is 1. The second-order valence-electron chi connectivity index (χ2n) is 10.3. The summed E-state index contributed by atoms with van der Waals surface area (Å²) < 4.78 is 28.3. The number of carbonyl (C=O) groups excluding carboxylic acids is 2. The van der Waals surface area contributed by atoms with Gasteiger partial charge in [-0.1, -0.05) is 35.9 Å². The molecule has 1 aliphatic heterocycles. The quantitative estimate of drug-likeness (QED) is 0.0823. The number of allylic oxidation sites excluding steroid dienone is 1. The number of urea groups is 1. The zero-order valence-electron chi connectivity index (χ0n) is 26.6. The second kappa shape index (κ2) is 16.2. The molecule has 0 aromatic heterocycles. The number of hydrogen-bond acceptors (Lipinski definition) is 10. The molecule has 0 fully saturated rings. The van der Waals surface area contributed by atoms with E-state index in [4.69, 9.17) is 23.7 Å². The van der Waals surface area contributed by atoms with Crippen LogP contribution in [0.2, 0.25) is 0 Å². The van der Waals surface area contributed by atoms with Crippen LogP contribution in [0.5, 0.6) is 23.0 Å². The minimum Gasteiger partial charge on any atom is -0.490 e. The van der Waals surface area contributed by atoms with E-state index in [2.05, 4.69) is 27.2 Å². The average Bonchev–Trinajstić information content (AvgIpc) is 3.03. The minimum atomic E-state index is -1.14. The fourth-order valence-corrected chi connectivity index (χ4v) is 4.78. The van der Waals surface area contributed by atoms with Gasteiger partial charge in [-0.2, -0.15) is 5.10 Å². The molecule has 0 spiro atoms. The van der Waals surface area contributed by atoms with Crippen molar-refractivity contribution in [3.05, 3.63) is 94.2 Å². The van der Waals surface area contributed by atoms with Gasteiger partial charge in [0, 0.05) is 5.70 Å². The first-order valence-electron chi connectivity index (χ1n) is 14.9. The van der Waals surface area contributed by atoms with E-state index in [1.807, 2.05) is 57.2 Å². The van der Waals surface area contributed by atoms with Crippen LogP contribution in [0.25, 0.3) is 0 Å². The SMILES string of the molecule is CCOc1cc(/C=N\N[C@H](O)COc2ccc([C@H]3NC(=O)NC(C)=C3C(=O)OC)cc2OCC)ccc1OCc1cccc(C)c1. The Kier molecular flexibility index (Phi) is 11.8. The predicted octanol–water partition coefficient (Wildman–Crippen LogP) is 4.49. The summed E-state index contributed by atoms with van der Waals surface area (Å²) in [5.41, 5.74) is 6.86. The molecule has 12 nitrogen and oxygen atoms in total. The first-order chi connectivity index (χ1) is 22.2. The number of aliphatic hydroxyl groups is 1. The Labute approximate surface area is 268 Å². The van der Waals surface area contributed by atoms with Crippen LogP contribution in [0.15, 0.2) is 77.0 Å². The highest BCUT2D eigenvalue weighted by atomic mass is 16.5. The van der Waals surface area contributed by atoms with Crippen molar-refractivity contribution in [1.29, 1.82) is 0 Å². The van der Waals surface area contributed by atoms with Crippen LogP contribution in [0.1, 0.15) is 49.1 Å². The number of esters is 1. The van der Waals surface area contributed by atoms with Crippen LogP contribution in [-0.4, -0.2) is 56.5 Å². The monoisotopic (exact) mass is 632 g/mol. The van der Waals surface area contributed by atoms with E-state index in [0.29, 0.717) is 54.1 Å². The first kappa shape index (κ1) is 33.7. The molecule has 0 saturated carbocycles. The fraction of sp³-hybridized carbons (Fsp3) is 0.324. The predicted molar refractivity (Wildman–Crippen MR) is 172 cm³/mol. The zero-order valence-corrected chi connectivity index (χ0v) is 26.6. The van der Waals surface area contributed by atoms with Gasteiger partial charge in [-0.25, -0.2) is 9.59 Å². The lowest BCUT2D eigenvalue weighted by atomic mass is 9.95. The van der Waals surface area contributed by atoms with Gasteiger partial charge in [0.05, 0.1) is 38.2 Å². The van der Waals surface area contributed by atoms with Gasteiger partial charge in [0.1, 0.15) is 13.2 Å². The molecular weight excluding hydrogens is 592 g/mol. The number of ether oxygens (including phenoxy) is 5. The van der Waals surface area contributed by atoms with Crippen molar-refractivity contribution in [2.45, 2.75) is 46.6 Å². The maximum Gasteiger partial charge on any atom is 0.337 e. The van der Waals surface area contributed by atoms with Gasteiger partial charge in [0.2, 0.25) is 0 Å². The van der Waals surface area contributed by atoms with Crippen LogP contribution in [0.4, 0.5) is 4.79 Å². The molecule has 2 atom stereocenters. The van der Waals surface area contributed by atoms with E-state index < -0.39 is 24.3 Å². The van der Waals surface area contributed by atoms with Gasteiger partial charge in [0.25, 0.3) is 0 Å². The van der Waals surface area contributed by atoms with Crippen LogP contribution in [0, 0.1) is 6.92 Å². The maximum atomic E-state index is 12.5. The molecule has 4 N–H and O–H groups in total. The third-order valence-corrected chi connectivity index (χ3v) is 6.85. The number of hydrogen-bond donors (Lipinski definition) is 4. The lowest BCUT2D eigenvalue weighted by molar-refractivity contribution is -0.136. The number of benzene rings is 3. The molecule has 0 unspecified atom stereocenters. The molecule has 0 bridgehead atoms. The Morgan fingerprint density at radius 3 is 2.39 bits per heavy atom. The normalized spacial score (nSPS) is 15.1. The molecular formula is C34H40N4O8. The van der Waals surface area contributed by atoms with Crippen molar-refractivity contribution < 1.29 is 38.4 Å². The Morgan fingerprint density at radius 1 is 0.957 bits per heavy atom. The van der Waals surface area contributed by atoms with Crippen LogP contribution >= 0.6 is 0 Å². The summed E-state index contributed by atoms with van der Waals surface area (Å²) >= 11 is 0. The molecule has 46 heavy (non-hydrogen) atoms. The van der Waals surface area contributed by atoms with Gasteiger partial charge in [-0.05, 0) is 74.7 Å². The van der Waals surface area contributed by atoms with Gasteiger partial charge >= 0.3 is 12.0 Å². The van der Waals surface area contributed by atoms with E-state index in [0.717, 1.165) is 16.7 Å². The van der Waals surface area contributed by atoms with Crippen LogP contribution in [0.3, 0.4) is 0 Å². The molecule has 1 heterocycles. The lowest BCUT2D eigenvalue weighted by Gasteiger charge is -2.28. The lowest BCUT2D eigenvalue weighted by Crippen LogP contribution is -2.45. The minimum absolute atomic E-state index is 0.150. The number of nitrogens with zero attached hydrogens (tertiary/aromatic N) is 1. The molecule has 244 valence electrons. The van der Waals surface area contributed by atoms with E-state index in [9.17, 15) is 14.7 Å². The summed E-state index contributed by atoms with van der Waals surface area (Å²) in [5.74, 6) is 1.37. The topological polar surface area (TPSA) is 149 Å². The molecule has 0 saturated heterocycles. The number of aliphatic hydroxyl groups excluding tert-OH is 1. The molecule has 0 radical (unpaired) electrons. The average molecular weight is 633 g/mol. The van der Waals surface area contributed by atoms with Gasteiger partial charge in [-0.3, -0.25) is 5.43 Å². The van der Waals surface area contributed by atoms with Crippen LogP contribution in [-0.2, 0) is 16.1 Å². The van der Waals surface area contributed by atoms with Crippen molar-refractivity contribution >= 4 is 18.2 Å². The summed E-state index contributed by atoms with van der Waals surface area (Å²) in [6, 6.07) is 17.4. The van der Waals surface area contributed by atoms with Gasteiger partial charge in [0.15, 0.2) is 29.2 Å². The Bertz CT molecular complexity index is 1590. The van der Waals surface area contributed by atoms with Crippen LogP contribution < -0.4 is 35.0 Å². The van der Waals surface area contributed by atoms with E-state index in [-0.39, 0.29) is 12.2 Å². The smallest absolute Gasteiger partial charge is 0.337 e. The van der Waals surface area contributed by atoms with Crippen molar-refractivity contribution in [2.75, 3.05) is 26.9 Å². The van der Waals surface area contributed by atoms with E-state index >= 15 is 0 Å². The summed E-state index contributed by atoms with van der Waals surface area (Å²) in [4.78, 5) is 24.6. The standard InChI is InChI=1S/C34H40N4O8/c1-6-43-28-16-23(11-13-26(28)45-19-24-10-8-9-21(3)15-24)18-35-38-30(39)20-46-27-14-12-25(17-29(27)44-7-2)32-31(33(40)42-5)22(4)36-34(41)37-32/h8-18,30,32,38-39H,6-7,19-20H2,1-5H3,(H2,36,37,41)/b35-18-/t30-,32-/m1/s1. The van der Waals surface area contributed by atoms with E-state index in [1.165, 1.54) is 7.11 Å². The van der Waals surface area contributed by atoms with Crippen molar-refractivity contribution in [1.82, 2.24) is 16.1 Å². The van der Waals surface area contributed by atoms with Gasteiger partial charge < -0.3 is 39.4 Å². The number of methoxy groups -OCH3 is 1. The highest BCUT2D eigenvalue weighted by Gasteiger charge is 2.32. The molecule has 0 aliphatic carbocycles. The Morgan fingerprint density at radius 2 is 1.67 bits per heavy atom. The third kappa shape index (κ3) is 8.91. The van der Waals surface area contributed by atoms with Crippen molar-refractivity contribution in [3.63, 3.8) is 0 Å². The third-order valence-electron chi connectivity index (χ3n) is 6.85. The molecule has 4 rings (SSSR count). The molecule has 12 heteroatoms. The highest BCUT2D eigenvalue weighted by molar-refractivity contribution is 5.95. The van der Waals surface area contributed by atoms with Crippen molar-refractivity contribution in [2.24, 2.45) is 5.10 Å². The first-order valence-corrected chi connectivity index (χ1v) is 14.9. The summed E-state index contributed by atoms with van der Waals surface area (Å²) in [5, 5.41) is 20.0. The number of hydrazone groups is 1. The van der Waals surface area contributed by atoms with Crippen molar-refractivity contribution in [3.8, 4) is 23.0 Å². The Hall–Kier alpha value is -5.23. The number of amides is 2. The highest BCUT2D eigenvalue weighted by Crippen LogP contribution is 2.35. The zero-order chi connectivity index (χ0) is 33.1.